The third-order valence-electron chi connectivity index (χ3n) is 7.39. The van der Waals surface area contributed by atoms with E-state index in [4.69, 9.17) is 10.8 Å². The molecule has 2 aromatic carbocycles. The smallest absolute Gasteiger partial charge is 0.306 e. The lowest BCUT2D eigenvalue weighted by atomic mass is 9.82. The molecule has 3 atom stereocenters. The third-order valence-corrected chi connectivity index (χ3v) is 7.39. The summed E-state index contributed by atoms with van der Waals surface area (Å²) >= 11 is 0. The third kappa shape index (κ3) is 9.19. The van der Waals surface area contributed by atoms with Gasteiger partial charge >= 0.3 is 5.97 Å². The van der Waals surface area contributed by atoms with Gasteiger partial charge in [-0.15, -0.1) is 0 Å². The van der Waals surface area contributed by atoms with Crippen LogP contribution in [0.25, 0.3) is 11.1 Å². The molecule has 0 aliphatic rings. The van der Waals surface area contributed by atoms with Crippen molar-refractivity contribution >= 4 is 17.8 Å². The summed E-state index contributed by atoms with van der Waals surface area (Å²) in [6, 6.07) is 12.9. The van der Waals surface area contributed by atoms with Gasteiger partial charge in [-0.05, 0) is 41.7 Å². The number of alkyl halides is 1. The molecule has 238 valence electrons. The largest absolute Gasteiger partial charge is 0.481 e. The highest BCUT2D eigenvalue weighted by Gasteiger charge is 2.37. The molecule has 11 heteroatoms. The van der Waals surface area contributed by atoms with Crippen molar-refractivity contribution in [3.05, 3.63) is 83.7 Å². The van der Waals surface area contributed by atoms with E-state index in [1.54, 1.807) is 12.3 Å². The average Bonchev–Trinajstić information content (AvgIpc) is 3.36. The van der Waals surface area contributed by atoms with Crippen molar-refractivity contribution < 1.29 is 32.7 Å². The standard InChI is InChI=1S/C33H41F3N4O4/c1-21(32(43)44)14-29(41)38-18-30(42)40(13-12-25(37)17-34)31(33(2,3)4)28-15-23(26-16-24(35)10-11-27(26)36)20-39(28)19-22-8-6-5-7-9-22/h5-11,15-16,20-21,25,31H,12-14,17-19,37H2,1-4H3,(H,38,41)(H,43,44)/t21?,25?,31-/m0/s1. The molecule has 3 rings (SSSR count). The Morgan fingerprint density at radius 2 is 1.75 bits per heavy atom. The summed E-state index contributed by atoms with van der Waals surface area (Å²) < 4.78 is 44.4. The summed E-state index contributed by atoms with van der Waals surface area (Å²) in [5.74, 6) is -4.37. The molecule has 0 radical (unpaired) electrons. The van der Waals surface area contributed by atoms with Gasteiger partial charge in [0.05, 0.1) is 18.5 Å². The second kappa shape index (κ2) is 15.1. The number of nitrogens with zero attached hydrogens (tertiary/aromatic N) is 2. The van der Waals surface area contributed by atoms with E-state index < -0.39 is 66.1 Å². The normalized spacial score (nSPS) is 13.6. The van der Waals surface area contributed by atoms with Crippen molar-refractivity contribution in [2.75, 3.05) is 19.8 Å². The molecule has 2 amide bonds. The predicted molar refractivity (Wildman–Crippen MR) is 162 cm³/mol. The number of aromatic nitrogens is 1. The maximum atomic E-state index is 14.9. The van der Waals surface area contributed by atoms with Gasteiger partial charge in [-0.3, -0.25) is 14.4 Å². The van der Waals surface area contributed by atoms with Crippen molar-refractivity contribution in [1.29, 1.82) is 0 Å². The quantitative estimate of drug-likeness (QED) is 0.228. The first-order valence-electron chi connectivity index (χ1n) is 14.5. The van der Waals surface area contributed by atoms with Crippen LogP contribution in [0.5, 0.6) is 0 Å². The monoisotopic (exact) mass is 614 g/mol. The van der Waals surface area contributed by atoms with Crippen LogP contribution in [0.1, 0.15) is 57.8 Å². The number of hydrogen-bond acceptors (Lipinski definition) is 4. The Hall–Kier alpha value is -4.12. The summed E-state index contributed by atoms with van der Waals surface area (Å²) in [6.45, 7) is 6.34. The van der Waals surface area contributed by atoms with Crippen LogP contribution in [0.4, 0.5) is 13.2 Å². The van der Waals surface area contributed by atoms with Crippen LogP contribution in [0, 0.1) is 23.0 Å². The first-order chi connectivity index (χ1) is 20.7. The Balaban J connectivity index is 2.10. The number of benzene rings is 2. The van der Waals surface area contributed by atoms with Crippen molar-refractivity contribution in [2.45, 2.75) is 59.2 Å². The lowest BCUT2D eigenvalue weighted by Gasteiger charge is -2.41. The van der Waals surface area contributed by atoms with Gasteiger partial charge in [0.15, 0.2) is 0 Å². The number of nitrogens with one attached hydrogen (secondary N) is 1. The van der Waals surface area contributed by atoms with Gasteiger partial charge in [0.1, 0.15) is 18.3 Å². The number of hydrogen-bond donors (Lipinski definition) is 3. The Bertz CT molecular complexity index is 1440. The first-order valence-corrected chi connectivity index (χ1v) is 14.5. The number of halogens is 3. The second-order valence-electron chi connectivity index (χ2n) is 12.2. The molecule has 0 bridgehead atoms. The minimum atomic E-state index is -1.13. The number of amides is 2. The molecule has 44 heavy (non-hydrogen) atoms. The van der Waals surface area contributed by atoms with Gasteiger partial charge in [0.25, 0.3) is 0 Å². The highest BCUT2D eigenvalue weighted by molar-refractivity contribution is 5.87. The maximum Gasteiger partial charge on any atom is 0.306 e. The number of rotatable bonds is 14. The predicted octanol–water partition coefficient (Wildman–Crippen LogP) is 5.31. The summed E-state index contributed by atoms with van der Waals surface area (Å²) in [5, 5.41) is 11.6. The van der Waals surface area contributed by atoms with E-state index in [-0.39, 0.29) is 24.9 Å². The van der Waals surface area contributed by atoms with Crippen LogP contribution in [-0.4, -0.2) is 58.2 Å². The topological polar surface area (TPSA) is 118 Å². The first kappa shape index (κ1) is 34.4. The lowest BCUT2D eigenvalue weighted by Crippen LogP contribution is -2.48. The van der Waals surface area contributed by atoms with Crippen molar-refractivity contribution in [2.24, 2.45) is 17.1 Å². The molecule has 0 saturated carbocycles. The zero-order valence-corrected chi connectivity index (χ0v) is 25.5. The molecule has 3 aromatic rings. The van der Waals surface area contributed by atoms with Gasteiger partial charge in [0, 0.05) is 48.6 Å². The average molecular weight is 615 g/mol. The second-order valence-corrected chi connectivity index (χ2v) is 12.2. The fourth-order valence-corrected chi connectivity index (χ4v) is 5.10. The van der Waals surface area contributed by atoms with E-state index in [1.807, 2.05) is 55.7 Å². The number of nitrogens with two attached hydrogens (primary N) is 1. The Kier molecular flexibility index (Phi) is 11.8. The molecule has 1 aromatic heterocycles. The van der Waals surface area contributed by atoms with Gasteiger partial charge in [-0.2, -0.15) is 0 Å². The van der Waals surface area contributed by atoms with Crippen LogP contribution in [0.15, 0.2) is 60.8 Å². The SMILES string of the molecule is CC(CC(=O)NCC(=O)N(CCC(N)CF)[C@@H](c1cc(-c2cc(F)ccc2F)cn1Cc1ccccc1)C(C)(C)C)C(=O)O. The minimum Gasteiger partial charge on any atom is -0.481 e. The molecule has 1 heterocycles. The summed E-state index contributed by atoms with van der Waals surface area (Å²) in [7, 11) is 0. The van der Waals surface area contributed by atoms with E-state index in [1.165, 1.54) is 11.8 Å². The molecule has 0 spiro atoms. The molecule has 8 nitrogen and oxygen atoms in total. The molecule has 0 aliphatic carbocycles. The summed E-state index contributed by atoms with van der Waals surface area (Å²) in [5.41, 5.74) is 7.28. The summed E-state index contributed by atoms with van der Waals surface area (Å²) in [4.78, 5) is 38.9. The lowest BCUT2D eigenvalue weighted by molar-refractivity contribution is -0.143. The van der Waals surface area contributed by atoms with Crippen LogP contribution in [-0.2, 0) is 20.9 Å². The van der Waals surface area contributed by atoms with Crippen LogP contribution < -0.4 is 11.1 Å². The van der Waals surface area contributed by atoms with Gasteiger partial charge in [0.2, 0.25) is 11.8 Å². The zero-order chi connectivity index (χ0) is 32.6. The molecule has 0 fully saturated rings. The van der Waals surface area contributed by atoms with Crippen molar-refractivity contribution in [3.8, 4) is 11.1 Å². The number of carbonyl (C=O) groups excluding carboxylic acids is 2. The van der Waals surface area contributed by atoms with E-state index in [0.717, 1.165) is 23.8 Å². The van der Waals surface area contributed by atoms with Crippen molar-refractivity contribution in [1.82, 2.24) is 14.8 Å². The fraction of sp³-hybridized carbons (Fsp3) is 0.424. The molecular weight excluding hydrogens is 573 g/mol. The van der Waals surface area contributed by atoms with E-state index in [2.05, 4.69) is 5.32 Å². The highest BCUT2D eigenvalue weighted by Crippen LogP contribution is 2.41. The molecule has 0 saturated heterocycles. The molecule has 4 N–H and O–H groups in total. The van der Waals surface area contributed by atoms with Gasteiger partial charge in [-0.1, -0.05) is 58.0 Å². The van der Waals surface area contributed by atoms with Gasteiger partial charge < -0.3 is 25.6 Å². The van der Waals surface area contributed by atoms with Crippen LogP contribution in [0.3, 0.4) is 0 Å². The molecule has 2 unspecified atom stereocenters. The Morgan fingerprint density at radius 3 is 2.36 bits per heavy atom. The Labute approximate surface area is 256 Å². The highest BCUT2D eigenvalue weighted by atomic mass is 19.1. The van der Waals surface area contributed by atoms with Crippen molar-refractivity contribution in [3.63, 3.8) is 0 Å². The van der Waals surface area contributed by atoms with E-state index in [0.29, 0.717) is 17.8 Å². The van der Waals surface area contributed by atoms with Crippen LogP contribution >= 0.6 is 0 Å². The number of aliphatic carboxylic acids is 1. The number of carboxylic acid groups (broad SMARTS) is 1. The fourth-order valence-electron chi connectivity index (χ4n) is 5.10. The molecule has 0 aliphatic heterocycles. The maximum absolute atomic E-state index is 14.9. The van der Waals surface area contributed by atoms with Crippen LogP contribution in [0.2, 0.25) is 0 Å². The summed E-state index contributed by atoms with van der Waals surface area (Å²) in [6.07, 6.45) is 1.54. The molecular formula is C33H41F3N4O4. The zero-order valence-electron chi connectivity index (χ0n) is 25.5. The Morgan fingerprint density at radius 1 is 1.07 bits per heavy atom. The number of carboxylic acids is 1. The van der Waals surface area contributed by atoms with Gasteiger partial charge in [-0.25, -0.2) is 13.2 Å². The van der Waals surface area contributed by atoms with E-state index in [9.17, 15) is 27.6 Å². The van der Waals surface area contributed by atoms with E-state index >= 15 is 0 Å². The number of carbonyl (C=O) groups is 3. The minimum absolute atomic E-state index is 0.0490.